The molecule has 1 N–H and O–H groups in total. The van der Waals surface area contributed by atoms with Gasteiger partial charge in [0.1, 0.15) is 0 Å². The Morgan fingerprint density at radius 1 is 1.24 bits per heavy atom. The van der Waals surface area contributed by atoms with Crippen LogP contribution >= 0.6 is 0 Å². The van der Waals surface area contributed by atoms with Gasteiger partial charge in [-0.1, -0.05) is 0 Å². The molecular formula is C17H22N2O2. The molecule has 3 rings (SSSR count). The Morgan fingerprint density at radius 2 is 1.90 bits per heavy atom. The maximum absolute atomic E-state index is 12.7. The van der Waals surface area contributed by atoms with Gasteiger partial charge in [-0.25, -0.2) is 0 Å². The molecule has 0 radical (unpaired) electrons. The van der Waals surface area contributed by atoms with Crippen molar-refractivity contribution in [2.75, 3.05) is 13.1 Å². The molecule has 1 aliphatic rings. The average molecular weight is 286 g/mol. The zero-order chi connectivity index (χ0) is 15.1. The van der Waals surface area contributed by atoms with Crippen molar-refractivity contribution in [2.45, 2.75) is 39.9 Å². The lowest BCUT2D eigenvalue weighted by Gasteiger charge is -2.35. The summed E-state index contributed by atoms with van der Waals surface area (Å²) in [7, 11) is 0. The predicted octanol–water partition coefficient (Wildman–Crippen LogP) is 3.03. The third-order valence-electron chi connectivity index (χ3n) is 4.26. The molecule has 1 fully saturated rings. The number of benzene rings is 1. The number of hydrogen-bond donors (Lipinski definition) is 1. The second-order valence-corrected chi connectivity index (χ2v) is 6.10. The fraction of sp³-hybridized carbons (Fsp3) is 0.471. The first-order valence-corrected chi connectivity index (χ1v) is 7.49. The highest BCUT2D eigenvalue weighted by atomic mass is 16.5. The van der Waals surface area contributed by atoms with Gasteiger partial charge < -0.3 is 14.6 Å². The molecule has 1 aromatic carbocycles. The molecule has 4 heteroatoms. The molecule has 1 aromatic heterocycles. The minimum absolute atomic E-state index is 0.0946. The molecule has 0 saturated carbocycles. The van der Waals surface area contributed by atoms with Crippen LogP contribution in [0.15, 0.2) is 18.2 Å². The molecule has 0 unspecified atom stereocenters. The first-order valence-electron chi connectivity index (χ1n) is 7.49. The Bertz CT molecular complexity index is 679. The summed E-state index contributed by atoms with van der Waals surface area (Å²) < 4.78 is 5.70. The SMILES string of the molecule is Cc1[nH]c2ccc(C(=O)N3C[C@H](C)O[C@@H](C)C3)cc2c1C. The second kappa shape index (κ2) is 5.19. The molecule has 0 aliphatic carbocycles. The van der Waals surface area contributed by atoms with Crippen molar-refractivity contribution in [2.24, 2.45) is 0 Å². The minimum atomic E-state index is 0.0946. The molecule has 2 aromatic rings. The number of carbonyl (C=O) groups excluding carboxylic acids is 1. The standard InChI is InChI=1S/C17H22N2O2/c1-10-8-19(9-11(2)21-10)17(20)14-5-6-16-15(7-14)12(3)13(4)18-16/h5-7,10-11,18H,8-9H2,1-4H3/t10-,11-/m0/s1. The molecule has 2 atom stereocenters. The smallest absolute Gasteiger partial charge is 0.254 e. The molecule has 0 spiro atoms. The van der Waals surface area contributed by atoms with Crippen LogP contribution in [0, 0.1) is 13.8 Å². The summed E-state index contributed by atoms with van der Waals surface area (Å²) in [5.41, 5.74) is 4.21. The van der Waals surface area contributed by atoms with Crippen LogP contribution < -0.4 is 0 Å². The number of hydrogen-bond acceptors (Lipinski definition) is 2. The van der Waals surface area contributed by atoms with Gasteiger partial charge >= 0.3 is 0 Å². The Kier molecular flexibility index (Phi) is 3.49. The number of ether oxygens (including phenoxy) is 1. The lowest BCUT2D eigenvalue weighted by Crippen LogP contribution is -2.48. The summed E-state index contributed by atoms with van der Waals surface area (Å²) in [4.78, 5) is 18.0. The molecule has 4 nitrogen and oxygen atoms in total. The lowest BCUT2D eigenvalue weighted by atomic mass is 10.1. The van der Waals surface area contributed by atoms with Gasteiger partial charge in [0.05, 0.1) is 12.2 Å². The van der Waals surface area contributed by atoms with Gasteiger partial charge in [-0.2, -0.15) is 0 Å². The minimum Gasteiger partial charge on any atom is -0.372 e. The topological polar surface area (TPSA) is 45.3 Å². The van der Waals surface area contributed by atoms with Gasteiger partial charge in [-0.3, -0.25) is 4.79 Å². The predicted molar refractivity (Wildman–Crippen MR) is 83.7 cm³/mol. The van der Waals surface area contributed by atoms with Gasteiger partial charge in [0, 0.05) is 35.2 Å². The van der Waals surface area contributed by atoms with Crippen molar-refractivity contribution in [1.29, 1.82) is 0 Å². The van der Waals surface area contributed by atoms with Crippen LogP contribution in [0.2, 0.25) is 0 Å². The van der Waals surface area contributed by atoms with Crippen molar-refractivity contribution in [1.82, 2.24) is 9.88 Å². The molecule has 0 bridgehead atoms. The van der Waals surface area contributed by atoms with Crippen LogP contribution in [0.1, 0.15) is 35.5 Å². The average Bonchev–Trinajstić information content (AvgIpc) is 2.72. The van der Waals surface area contributed by atoms with Crippen LogP contribution in [0.3, 0.4) is 0 Å². The van der Waals surface area contributed by atoms with E-state index in [9.17, 15) is 4.79 Å². The molecule has 1 amide bonds. The van der Waals surface area contributed by atoms with E-state index in [-0.39, 0.29) is 18.1 Å². The highest BCUT2D eigenvalue weighted by Crippen LogP contribution is 2.23. The van der Waals surface area contributed by atoms with Crippen molar-refractivity contribution in [3.8, 4) is 0 Å². The van der Waals surface area contributed by atoms with E-state index in [0.717, 1.165) is 22.2 Å². The van der Waals surface area contributed by atoms with Crippen LogP contribution in [0.25, 0.3) is 10.9 Å². The van der Waals surface area contributed by atoms with E-state index in [2.05, 4.69) is 18.8 Å². The van der Waals surface area contributed by atoms with Gasteiger partial charge in [0.15, 0.2) is 0 Å². The third-order valence-corrected chi connectivity index (χ3v) is 4.26. The number of aryl methyl sites for hydroxylation is 2. The second-order valence-electron chi connectivity index (χ2n) is 6.10. The van der Waals surface area contributed by atoms with E-state index in [1.165, 1.54) is 5.56 Å². The van der Waals surface area contributed by atoms with Gasteiger partial charge in [0.25, 0.3) is 5.91 Å². The molecule has 1 aliphatic heterocycles. The number of aromatic amines is 1. The molecule has 2 heterocycles. The third kappa shape index (κ3) is 2.56. The number of fused-ring (bicyclic) bond motifs is 1. The van der Waals surface area contributed by atoms with E-state index in [4.69, 9.17) is 4.74 Å². The van der Waals surface area contributed by atoms with Gasteiger partial charge in [-0.05, 0) is 51.5 Å². The van der Waals surface area contributed by atoms with Gasteiger partial charge in [0.2, 0.25) is 0 Å². The summed E-state index contributed by atoms with van der Waals surface area (Å²) in [6, 6.07) is 5.90. The van der Waals surface area contributed by atoms with Crippen molar-refractivity contribution in [3.05, 3.63) is 35.0 Å². The summed E-state index contributed by atoms with van der Waals surface area (Å²) in [6.45, 7) is 9.49. The number of H-pyrrole nitrogens is 1. The van der Waals surface area contributed by atoms with Crippen LogP contribution in [-0.2, 0) is 4.74 Å². The summed E-state index contributed by atoms with van der Waals surface area (Å²) in [5.74, 6) is 0.0946. The fourth-order valence-electron chi connectivity index (χ4n) is 3.12. The number of nitrogens with zero attached hydrogens (tertiary/aromatic N) is 1. The van der Waals surface area contributed by atoms with Crippen molar-refractivity contribution >= 4 is 16.8 Å². The maximum atomic E-state index is 12.7. The van der Waals surface area contributed by atoms with E-state index < -0.39 is 0 Å². The number of rotatable bonds is 1. The lowest BCUT2D eigenvalue weighted by molar-refractivity contribution is -0.0586. The maximum Gasteiger partial charge on any atom is 0.254 e. The largest absolute Gasteiger partial charge is 0.372 e. The number of morpholine rings is 1. The molecule has 112 valence electrons. The molecular weight excluding hydrogens is 264 g/mol. The van der Waals surface area contributed by atoms with Gasteiger partial charge in [-0.15, -0.1) is 0 Å². The van der Waals surface area contributed by atoms with Crippen molar-refractivity contribution < 1.29 is 9.53 Å². The number of amides is 1. The Labute approximate surface area is 125 Å². The van der Waals surface area contributed by atoms with Crippen LogP contribution in [0.5, 0.6) is 0 Å². The first kappa shape index (κ1) is 14.1. The summed E-state index contributed by atoms with van der Waals surface area (Å²) in [5, 5.41) is 1.13. The van der Waals surface area contributed by atoms with E-state index in [1.54, 1.807) is 0 Å². The molecule has 21 heavy (non-hydrogen) atoms. The quantitative estimate of drug-likeness (QED) is 0.876. The van der Waals surface area contributed by atoms with Crippen LogP contribution in [0.4, 0.5) is 0 Å². The Balaban J connectivity index is 1.92. The highest BCUT2D eigenvalue weighted by Gasteiger charge is 2.26. The fourth-order valence-corrected chi connectivity index (χ4v) is 3.12. The Hall–Kier alpha value is -1.81. The number of aromatic nitrogens is 1. The zero-order valence-electron chi connectivity index (χ0n) is 13.1. The summed E-state index contributed by atoms with van der Waals surface area (Å²) >= 11 is 0. The van der Waals surface area contributed by atoms with Crippen molar-refractivity contribution in [3.63, 3.8) is 0 Å². The highest BCUT2D eigenvalue weighted by molar-refractivity contribution is 5.99. The number of carbonyl (C=O) groups is 1. The number of nitrogens with one attached hydrogen (secondary N) is 1. The summed E-state index contributed by atoms with van der Waals surface area (Å²) in [6.07, 6.45) is 0.190. The molecule has 1 saturated heterocycles. The normalized spacial score (nSPS) is 22.8. The zero-order valence-corrected chi connectivity index (χ0v) is 13.1. The Morgan fingerprint density at radius 3 is 2.57 bits per heavy atom. The van der Waals surface area contributed by atoms with Crippen LogP contribution in [-0.4, -0.2) is 41.1 Å². The monoisotopic (exact) mass is 286 g/mol. The first-order chi connectivity index (χ1) is 9.95. The van der Waals surface area contributed by atoms with E-state index >= 15 is 0 Å². The van der Waals surface area contributed by atoms with E-state index in [0.29, 0.717) is 13.1 Å². The van der Waals surface area contributed by atoms with E-state index in [1.807, 2.05) is 36.9 Å².